The van der Waals surface area contributed by atoms with Crippen LogP contribution in [-0.2, 0) is 32.6 Å². The molecule has 0 saturated heterocycles. The zero-order chi connectivity index (χ0) is 28.5. The van der Waals surface area contributed by atoms with E-state index in [0.29, 0.717) is 27.7 Å². The van der Waals surface area contributed by atoms with E-state index < -0.39 is 16.1 Å². The van der Waals surface area contributed by atoms with Crippen LogP contribution < -0.4 is 9.62 Å². The van der Waals surface area contributed by atoms with Gasteiger partial charge in [0.2, 0.25) is 21.8 Å². The van der Waals surface area contributed by atoms with E-state index in [4.69, 9.17) is 23.2 Å². The summed E-state index contributed by atoms with van der Waals surface area (Å²) in [6.07, 6.45) is 3.54. The van der Waals surface area contributed by atoms with Crippen molar-refractivity contribution >= 4 is 50.7 Å². The Morgan fingerprint density at radius 1 is 1.00 bits per heavy atom. The number of benzene rings is 2. The molecule has 0 unspecified atom stereocenters. The summed E-state index contributed by atoms with van der Waals surface area (Å²) in [5.41, 5.74) is 2.34. The van der Waals surface area contributed by atoms with Crippen LogP contribution in [0.5, 0.6) is 0 Å². The molecule has 2 aromatic rings. The number of amides is 2. The Morgan fingerprint density at radius 2 is 1.66 bits per heavy atom. The zero-order valence-electron chi connectivity index (χ0n) is 22.8. The van der Waals surface area contributed by atoms with Crippen LogP contribution >= 0.6 is 23.2 Å². The molecule has 2 amide bonds. The van der Waals surface area contributed by atoms with Crippen molar-refractivity contribution in [1.82, 2.24) is 10.2 Å². The summed E-state index contributed by atoms with van der Waals surface area (Å²) in [7, 11) is -3.55. The number of hydrogen-bond acceptors (Lipinski definition) is 4. The van der Waals surface area contributed by atoms with Gasteiger partial charge < -0.3 is 10.2 Å². The van der Waals surface area contributed by atoms with Crippen LogP contribution in [-0.4, -0.2) is 50.0 Å². The molecule has 0 radical (unpaired) electrons. The second-order valence-corrected chi connectivity index (χ2v) is 12.2. The third-order valence-corrected chi connectivity index (χ3v) is 8.31. The van der Waals surface area contributed by atoms with Gasteiger partial charge in [0, 0.05) is 35.6 Å². The SMILES string of the molecule is CCc1ccc(N(CCCC(=O)N(Cc2ccc(Cl)cc2Cl)[C@H](CC)C(=O)N[C@@H](C)CC)S(C)(=O)=O)cc1. The van der Waals surface area contributed by atoms with Crippen LogP contribution in [0, 0.1) is 0 Å². The number of nitrogens with one attached hydrogen (secondary N) is 1. The number of carbonyl (C=O) groups is 2. The van der Waals surface area contributed by atoms with Crippen molar-refractivity contribution in [3.63, 3.8) is 0 Å². The summed E-state index contributed by atoms with van der Waals surface area (Å²) in [6.45, 7) is 8.06. The van der Waals surface area contributed by atoms with E-state index in [1.165, 1.54) is 9.21 Å². The van der Waals surface area contributed by atoms with E-state index in [-0.39, 0.29) is 43.8 Å². The van der Waals surface area contributed by atoms with E-state index in [1.807, 2.05) is 39.8 Å². The van der Waals surface area contributed by atoms with Crippen molar-refractivity contribution < 1.29 is 18.0 Å². The minimum Gasteiger partial charge on any atom is -0.352 e. The molecule has 1 N–H and O–H groups in total. The van der Waals surface area contributed by atoms with Gasteiger partial charge in [-0.15, -0.1) is 0 Å². The summed E-state index contributed by atoms with van der Waals surface area (Å²) < 4.78 is 26.4. The third-order valence-electron chi connectivity index (χ3n) is 6.53. The number of hydrogen-bond donors (Lipinski definition) is 1. The van der Waals surface area contributed by atoms with Crippen LogP contribution in [0.2, 0.25) is 10.0 Å². The molecule has 0 aliphatic rings. The number of aryl methyl sites for hydroxylation is 1. The normalized spacial score (nSPS) is 13.0. The Labute approximate surface area is 237 Å². The number of rotatable bonds is 14. The fraction of sp³-hybridized carbons (Fsp3) is 0.500. The number of sulfonamides is 1. The topological polar surface area (TPSA) is 86.8 Å². The molecule has 210 valence electrons. The molecule has 0 spiro atoms. The summed E-state index contributed by atoms with van der Waals surface area (Å²) in [5.74, 6) is -0.481. The smallest absolute Gasteiger partial charge is 0.243 e. The van der Waals surface area contributed by atoms with E-state index in [9.17, 15) is 18.0 Å². The molecule has 2 aromatic carbocycles. The van der Waals surface area contributed by atoms with Gasteiger partial charge in [0.1, 0.15) is 6.04 Å². The summed E-state index contributed by atoms with van der Waals surface area (Å²) in [6, 6.07) is 11.7. The largest absolute Gasteiger partial charge is 0.352 e. The van der Waals surface area contributed by atoms with Crippen LogP contribution in [0.25, 0.3) is 0 Å². The highest BCUT2D eigenvalue weighted by Crippen LogP contribution is 2.25. The van der Waals surface area contributed by atoms with E-state index in [2.05, 4.69) is 5.32 Å². The first-order valence-corrected chi connectivity index (χ1v) is 15.6. The number of carbonyl (C=O) groups excluding carboxylic acids is 2. The van der Waals surface area contributed by atoms with Crippen molar-refractivity contribution in [2.75, 3.05) is 17.1 Å². The Bertz CT molecular complexity index is 1190. The predicted molar refractivity (Wildman–Crippen MR) is 156 cm³/mol. The molecule has 38 heavy (non-hydrogen) atoms. The Balaban J connectivity index is 2.25. The highest BCUT2D eigenvalue weighted by Gasteiger charge is 2.30. The van der Waals surface area contributed by atoms with Gasteiger partial charge in [-0.3, -0.25) is 13.9 Å². The molecular formula is C28H39Cl2N3O4S. The van der Waals surface area contributed by atoms with Gasteiger partial charge in [-0.2, -0.15) is 0 Å². The summed E-state index contributed by atoms with van der Waals surface area (Å²) in [4.78, 5) is 28.2. The average Bonchev–Trinajstić information content (AvgIpc) is 2.86. The Morgan fingerprint density at radius 3 is 2.18 bits per heavy atom. The number of halogens is 2. The molecule has 0 aromatic heterocycles. The minimum atomic E-state index is -3.55. The van der Waals surface area contributed by atoms with E-state index in [0.717, 1.165) is 24.7 Å². The molecule has 0 aliphatic carbocycles. The van der Waals surface area contributed by atoms with Crippen molar-refractivity contribution in [2.24, 2.45) is 0 Å². The first kappa shape index (κ1) is 31.9. The maximum atomic E-state index is 13.5. The monoisotopic (exact) mass is 583 g/mol. The maximum Gasteiger partial charge on any atom is 0.243 e. The molecular weight excluding hydrogens is 545 g/mol. The second kappa shape index (κ2) is 14.8. The summed E-state index contributed by atoms with van der Waals surface area (Å²) >= 11 is 12.5. The molecule has 0 fully saturated rings. The maximum absolute atomic E-state index is 13.5. The molecule has 0 bridgehead atoms. The van der Waals surface area contributed by atoms with Crippen molar-refractivity contribution in [2.45, 2.75) is 78.4 Å². The first-order chi connectivity index (χ1) is 17.9. The lowest BCUT2D eigenvalue weighted by Gasteiger charge is -2.32. The first-order valence-electron chi connectivity index (χ1n) is 13.0. The average molecular weight is 585 g/mol. The zero-order valence-corrected chi connectivity index (χ0v) is 25.2. The molecule has 2 rings (SSSR count). The van der Waals surface area contributed by atoms with Gasteiger partial charge in [0.25, 0.3) is 0 Å². The lowest BCUT2D eigenvalue weighted by molar-refractivity contribution is -0.141. The predicted octanol–water partition coefficient (Wildman–Crippen LogP) is 5.82. The van der Waals surface area contributed by atoms with Crippen molar-refractivity contribution in [3.05, 3.63) is 63.6 Å². The van der Waals surface area contributed by atoms with Crippen LogP contribution in [0.1, 0.15) is 64.5 Å². The highest BCUT2D eigenvalue weighted by molar-refractivity contribution is 7.92. The van der Waals surface area contributed by atoms with Crippen molar-refractivity contribution in [3.8, 4) is 0 Å². The molecule has 7 nitrogen and oxygen atoms in total. The third kappa shape index (κ3) is 9.17. The van der Waals surface area contributed by atoms with Gasteiger partial charge in [0.15, 0.2) is 0 Å². The van der Waals surface area contributed by atoms with Gasteiger partial charge in [-0.1, -0.05) is 62.2 Å². The van der Waals surface area contributed by atoms with Crippen LogP contribution in [0.4, 0.5) is 5.69 Å². The minimum absolute atomic E-state index is 0.0324. The quantitative estimate of drug-likeness (QED) is 0.303. The highest BCUT2D eigenvalue weighted by atomic mass is 35.5. The number of anilines is 1. The van der Waals surface area contributed by atoms with Crippen LogP contribution in [0.15, 0.2) is 42.5 Å². The molecule has 0 heterocycles. The standard InChI is InChI=1S/C28H39Cl2N3O4S/c1-6-20(4)31-28(35)26(8-3)32(19-22-13-14-23(29)18-25(22)30)27(34)10-9-17-33(38(5,36)37)24-15-11-21(7-2)12-16-24/h11-16,18,20,26H,6-10,17,19H2,1-5H3,(H,31,35)/t20-,26+/m0/s1. The summed E-state index contributed by atoms with van der Waals surface area (Å²) in [5, 5.41) is 3.86. The van der Waals surface area contributed by atoms with Gasteiger partial charge in [-0.05, 0) is 68.0 Å². The van der Waals surface area contributed by atoms with E-state index in [1.54, 1.807) is 30.3 Å². The lowest BCUT2D eigenvalue weighted by atomic mass is 10.1. The second-order valence-electron chi connectivity index (χ2n) is 9.46. The fourth-order valence-electron chi connectivity index (χ4n) is 4.10. The van der Waals surface area contributed by atoms with Gasteiger partial charge >= 0.3 is 0 Å². The Hall–Kier alpha value is -2.29. The molecule has 2 atom stereocenters. The fourth-order valence-corrected chi connectivity index (χ4v) is 5.53. The van der Waals surface area contributed by atoms with Crippen molar-refractivity contribution in [1.29, 1.82) is 0 Å². The van der Waals surface area contributed by atoms with Gasteiger partial charge in [-0.25, -0.2) is 8.42 Å². The Kier molecular flexibility index (Phi) is 12.4. The number of nitrogens with zero attached hydrogens (tertiary/aromatic N) is 2. The van der Waals surface area contributed by atoms with Gasteiger partial charge in [0.05, 0.1) is 11.9 Å². The van der Waals surface area contributed by atoms with E-state index >= 15 is 0 Å². The van der Waals surface area contributed by atoms with Crippen LogP contribution in [0.3, 0.4) is 0 Å². The molecule has 0 saturated carbocycles. The molecule has 0 aliphatic heterocycles. The lowest BCUT2D eigenvalue weighted by Crippen LogP contribution is -2.50. The molecule has 10 heteroatoms.